The second-order valence-electron chi connectivity index (χ2n) is 8.42. The smallest absolute Gasteiger partial charge is 0.254 e. The molecular formula is C28H27ClN4O2S. The summed E-state index contributed by atoms with van der Waals surface area (Å²) in [6.07, 6.45) is 0.944. The van der Waals surface area contributed by atoms with Crippen LogP contribution in [0.2, 0.25) is 5.02 Å². The van der Waals surface area contributed by atoms with Crippen LogP contribution in [0.3, 0.4) is 0 Å². The molecule has 0 saturated carbocycles. The van der Waals surface area contributed by atoms with E-state index in [0.717, 1.165) is 23.1 Å². The van der Waals surface area contributed by atoms with Crippen molar-refractivity contribution >= 4 is 39.9 Å². The van der Waals surface area contributed by atoms with Crippen molar-refractivity contribution in [1.29, 1.82) is 0 Å². The van der Waals surface area contributed by atoms with Gasteiger partial charge >= 0.3 is 0 Å². The molecule has 0 bridgehead atoms. The standard InChI is InChI=1S/C28H27ClN4O2S/c1-3-19(2)33(27(35)22-14-12-21(13-15-22)20-8-5-4-6-9-20)17-16-25(34)30-28-32-31-26(36-28)23-10-7-11-24(29)18-23/h4-15,18-19H,3,16-17H2,1-2H3,(H,30,32,34). The average molecular weight is 519 g/mol. The lowest BCUT2D eigenvalue weighted by atomic mass is 10.0. The van der Waals surface area contributed by atoms with Crippen molar-refractivity contribution < 1.29 is 9.59 Å². The third-order valence-corrected chi connectivity index (χ3v) is 7.07. The van der Waals surface area contributed by atoms with Gasteiger partial charge in [0.2, 0.25) is 11.0 Å². The summed E-state index contributed by atoms with van der Waals surface area (Å²) in [4.78, 5) is 27.7. The Labute approximate surface area is 220 Å². The summed E-state index contributed by atoms with van der Waals surface area (Å²) in [6.45, 7) is 4.33. The number of anilines is 1. The number of nitrogens with one attached hydrogen (secondary N) is 1. The first-order valence-corrected chi connectivity index (χ1v) is 13.0. The van der Waals surface area contributed by atoms with Gasteiger partial charge in [0.25, 0.3) is 5.91 Å². The van der Waals surface area contributed by atoms with Gasteiger partial charge in [0, 0.05) is 35.2 Å². The van der Waals surface area contributed by atoms with Crippen molar-refractivity contribution in [2.45, 2.75) is 32.7 Å². The molecule has 1 heterocycles. The number of halogens is 1. The zero-order chi connectivity index (χ0) is 25.5. The highest BCUT2D eigenvalue weighted by Crippen LogP contribution is 2.28. The zero-order valence-corrected chi connectivity index (χ0v) is 21.7. The summed E-state index contributed by atoms with van der Waals surface area (Å²) in [7, 11) is 0. The molecule has 1 N–H and O–H groups in total. The number of carbonyl (C=O) groups excluding carboxylic acids is 2. The summed E-state index contributed by atoms with van der Waals surface area (Å²) in [5.74, 6) is -0.305. The third-order valence-electron chi connectivity index (χ3n) is 5.95. The van der Waals surface area contributed by atoms with E-state index in [4.69, 9.17) is 11.6 Å². The fourth-order valence-corrected chi connectivity index (χ4v) is 4.71. The van der Waals surface area contributed by atoms with E-state index < -0.39 is 0 Å². The van der Waals surface area contributed by atoms with Crippen molar-refractivity contribution in [2.24, 2.45) is 0 Å². The van der Waals surface area contributed by atoms with Gasteiger partial charge in [-0.05, 0) is 48.7 Å². The van der Waals surface area contributed by atoms with Crippen LogP contribution in [0.1, 0.15) is 37.0 Å². The van der Waals surface area contributed by atoms with Crippen LogP contribution in [0.15, 0.2) is 78.9 Å². The Hall–Kier alpha value is -3.55. The predicted octanol–water partition coefficient (Wildman–Crippen LogP) is 6.80. The molecule has 0 aliphatic heterocycles. The number of hydrogen-bond acceptors (Lipinski definition) is 5. The maximum Gasteiger partial charge on any atom is 0.254 e. The number of amides is 2. The summed E-state index contributed by atoms with van der Waals surface area (Å²) in [5.41, 5.74) is 3.59. The number of aromatic nitrogens is 2. The maximum absolute atomic E-state index is 13.3. The fourth-order valence-electron chi connectivity index (χ4n) is 3.76. The van der Waals surface area contributed by atoms with Crippen LogP contribution in [-0.2, 0) is 4.79 Å². The lowest BCUT2D eigenvalue weighted by Crippen LogP contribution is -2.40. The molecule has 4 aromatic rings. The number of nitrogens with zero attached hydrogens (tertiary/aromatic N) is 3. The molecule has 8 heteroatoms. The zero-order valence-electron chi connectivity index (χ0n) is 20.1. The quantitative estimate of drug-likeness (QED) is 0.264. The molecule has 6 nitrogen and oxygen atoms in total. The van der Waals surface area contributed by atoms with Crippen LogP contribution in [0.5, 0.6) is 0 Å². The van der Waals surface area contributed by atoms with E-state index in [-0.39, 0.29) is 24.3 Å². The summed E-state index contributed by atoms with van der Waals surface area (Å²) >= 11 is 7.33. The van der Waals surface area contributed by atoms with Crippen LogP contribution >= 0.6 is 22.9 Å². The Morgan fingerprint density at radius 1 is 0.944 bits per heavy atom. The van der Waals surface area contributed by atoms with Gasteiger partial charge < -0.3 is 10.2 Å². The Kier molecular flexibility index (Phi) is 8.46. The largest absolute Gasteiger partial charge is 0.335 e. The normalized spacial score (nSPS) is 11.6. The number of rotatable bonds is 9. The molecule has 0 spiro atoms. The van der Waals surface area contributed by atoms with Gasteiger partial charge in [-0.3, -0.25) is 9.59 Å². The SMILES string of the molecule is CCC(C)N(CCC(=O)Nc1nnc(-c2cccc(Cl)c2)s1)C(=O)c1ccc(-c2ccccc2)cc1. The first-order chi connectivity index (χ1) is 17.4. The number of benzene rings is 3. The maximum atomic E-state index is 13.3. The molecule has 36 heavy (non-hydrogen) atoms. The van der Waals surface area contributed by atoms with Crippen molar-refractivity contribution in [3.05, 3.63) is 89.4 Å². The Bertz CT molecular complexity index is 1320. The van der Waals surface area contributed by atoms with Crippen LogP contribution < -0.4 is 5.32 Å². The first-order valence-electron chi connectivity index (χ1n) is 11.8. The Morgan fingerprint density at radius 2 is 1.64 bits per heavy atom. The highest BCUT2D eigenvalue weighted by molar-refractivity contribution is 7.18. The first kappa shape index (κ1) is 25.5. The Morgan fingerprint density at radius 3 is 2.33 bits per heavy atom. The van der Waals surface area contributed by atoms with E-state index in [9.17, 15) is 9.59 Å². The summed E-state index contributed by atoms with van der Waals surface area (Å²) < 4.78 is 0. The predicted molar refractivity (Wildman–Crippen MR) is 146 cm³/mol. The molecular weight excluding hydrogens is 492 g/mol. The molecule has 4 rings (SSSR count). The summed E-state index contributed by atoms with van der Waals surface area (Å²) in [5, 5.41) is 12.7. The molecule has 1 unspecified atom stereocenters. The van der Waals surface area contributed by atoms with Crippen LogP contribution in [0, 0.1) is 0 Å². The van der Waals surface area contributed by atoms with E-state index in [1.54, 1.807) is 17.0 Å². The second kappa shape index (κ2) is 11.9. The second-order valence-corrected chi connectivity index (χ2v) is 9.83. The Balaban J connectivity index is 1.39. The van der Waals surface area contributed by atoms with E-state index >= 15 is 0 Å². The molecule has 1 atom stereocenters. The van der Waals surface area contributed by atoms with E-state index in [1.165, 1.54) is 11.3 Å². The minimum Gasteiger partial charge on any atom is -0.335 e. The third kappa shape index (κ3) is 6.36. The molecule has 3 aromatic carbocycles. The van der Waals surface area contributed by atoms with Crippen LogP contribution in [0.25, 0.3) is 21.7 Å². The molecule has 0 saturated heterocycles. The molecule has 0 aliphatic rings. The van der Waals surface area contributed by atoms with E-state index in [0.29, 0.717) is 27.3 Å². The number of hydrogen-bond donors (Lipinski definition) is 1. The van der Waals surface area contributed by atoms with Crippen molar-refractivity contribution in [1.82, 2.24) is 15.1 Å². The fraction of sp³-hybridized carbons (Fsp3) is 0.214. The summed E-state index contributed by atoms with van der Waals surface area (Å²) in [6, 6.07) is 25.0. The molecule has 2 amide bonds. The van der Waals surface area contributed by atoms with Crippen molar-refractivity contribution in [2.75, 3.05) is 11.9 Å². The van der Waals surface area contributed by atoms with Crippen LogP contribution in [-0.4, -0.2) is 39.5 Å². The van der Waals surface area contributed by atoms with Gasteiger partial charge in [-0.1, -0.05) is 84.5 Å². The van der Waals surface area contributed by atoms with Gasteiger partial charge in [0.05, 0.1) is 0 Å². The van der Waals surface area contributed by atoms with Crippen LogP contribution in [0.4, 0.5) is 5.13 Å². The molecule has 184 valence electrons. The van der Waals surface area contributed by atoms with Gasteiger partial charge in [-0.25, -0.2) is 0 Å². The average Bonchev–Trinajstić information content (AvgIpc) is 3.37. The minimum absolute atomic E-state index is 0.00457. The van der Waals surface area contributed by atoms with Gasteiger partial charge in [0.1, 0.15) is 5.01 Å². The van der Waals surface area contributed by atoms with Crippen molar-refractivity contribution in [3.8, 4) is 21.7 Å². The lowest BCUT2D eigenvalue weighted by Gasteiger charge is -2.28. The highest BCUT2D eigenvalue weighted by Gasteiger charge is 2.22. The monoisotopic (exact) mass is 518 g/mol. The number of carbonyl (C=O) groups is 2. The molecule has 0 aliphatic carbocycles. The minimum atomic E-state index is -0.218. The molecule has 0 fully saturated rings. The van der Waals surface area contributed by atoms with Gasteiger partial charge in [-0.2, -0.15) is 0 Å². The highest BCUT2D eigenvalue weighted by atomic mass is 35.5. The molecule has 1 aromatic heterocycles. The van der Waals surface area contributed by atoms with E-state index in [1.807, 2.05) is 80.6 Å². The van der Waals surface area contributed by atoms with E-state index in [2.05, 4.69) is 15.5 Å². The van der Waals surface area contributed by atoms with Gasteiger partial charge in [0.15, 0.2) is 0 Å². The topological polar surface area (TPSA) is 75.2 Å². The molecule has 0 radical (unpaired) electrons. The lowest BCUT2D eigenvalue weighted by molar-refractivity contribution is -0.116. The van der Waals surface area contributed by atoms with Crippen molar-refractivity contribution in [3.63, 3.8) is 0 Å². The van der Waals surface area contributed by atoms with Gasteiger partial charge in [-0.15, -0.1) is 10.2 Å².